The summed E-state index contributed by atoms with van der Waals surface area (Å²) in [7, 11) is 0. The van der Waals surface area contributed by atoms with Crippen molar-refractivity contribution in [3.05, 3.63) is 18.0 Å². The van der Waals surface area contributed by atoms with Gasteiger partial charge in [0, 0.05) is 6.20 Å². The molecule has 0 bridgehead atoms. The maximum atomic E-state index is 11.9. The van der Waals surface area contributed by atoms with Crippen LogP contribution in [0.5, 0.6) is 0 Å². The molecule has 1 aliphatic heterocycles. The van der Waals surface area contributed by atoms with Crippen LogP contribution in [0.3, 0.4) is 0 Å². The minimum absolute atomic E-state index is 0.0609. The number of aromatic nitrogens is 2. The largest absolute Gasteiger partial charge is 0.345 e. The van der Waals surface area contributed by atoms with Crippen molar-refractivity contribution >= 4 is 11.8 Å². The van der Waals surface area contributed by atoms with E-state index in [0.717, 1.165) is 18.5 Å². The molecular formula is C14H22N4O2. The van der Waals surface area contributed by atoms with E-state index in [-0.39, 0.29) is 18.4 Å². The first kappa shape index (κ1) is 14.6. The zero-order valence-corrected chi connectivity index (χ0v) is 12.3. The summed E-state index contributed by atoms with van der Waals surface area (Å²) >= 11 is 0. The van der Waals surface area contributed by atoms with Crippen LogP contribution in [0.4, 0.5) is 0 Å². The molecule has 1 N–H and O–H groups in total. The van der Waals surface area contributed by atoms with Crippen LogP contribution in [0.1, 0.15) is 45.3 Å². The highest BCUT2D eigenvalue weighted by atomic mass is 16.2. The van der Waals surface area contributed by atoms with E-state index < -0.39 is 6.04 Å². The van der Waals surface area contributed by atoms with Crippen LogP contribution >= 0.6 is 0 Å². The van der Waals surface area contributed by atoms with E-state index in [0.29, 0.717) is 12.6 Å². The van der Waals surface area contributed by atoms with Gasteiger partial charge in [-0.3, -0.25) is 14.3 Å². The second-order valence-electron chi connectivity index (χ2n) is 5.17. The van der Waals surface area contributed by atoms with E-state index >= 15 is 0 Å². The standard InChI is InChI=1S/C14H22N4O2/c1-4-12(5-2)18-7-6-11(16-18)9-17-10(3)14(20)15-8-13(17)19/h6-7,10,12H,4-5,8-9H2,1-3H3,(H,15,20). The van der Waals surface area contributed by atoms with Crippen LogP contribution in [0.15, 0.2) is 12.3 Å². The first-order valence-electron chi connectivity index (χ1n) is 7.18. The summed E-state index contributed by atoms with van der Waals surface area (Å²) in [5.74, 6) is -0.168. The number of nitrogens with zero attached hydrogens (tertiary/aromatic N) is 3. The lowest BCUT2D eigenvalue weighted by atomic mass is 10.2. The highest BCUT2D eigenvalue weighted by molar-refractivity contribution is 5.94. The fourth-order valence-corrected chi connectivity index (χ4v) is 2.50. The Bertz CT molecular complexity index is 493. The van der Waals surface area contributed by atoms with Crippen molar-refractivity contribution in [2.24, 2.45) is 0 Å². The highest BCUT2D eigenvalue weighted by Crippen LogP contribution is 2.16. The lowest BCUT2D eigenvalue weighted by molar-refractivity contribution is -0.145. The summed E-state index contributed by atoms with van der Waals surface area (Å²) in [6.07, 6.45) is 4.00. The quantitative estimate of drug-likeness (QED) is 0.876. The Morgan fingerprint density at radius 1 is 1.40 bits per heavy atom. The average molecular weight is 278 g/mol. The van der Waals surface area contributed by atoms with E-state index in [4.69, 9.17) is 0 Å². The van der Waals surface area contributed by atoms with Crippen LogP contribution in [0.2, 0.25) is 0 Å². The van der Waals surface area contributed by atoms with Gasteiger partial charge in [0.25, 0.3) is 0 Å². The summed E-state index contributed by atoms with van der Waals surface area (Å²) in [4.78, 5) is 25.1. The van der Waals surface area contributed by atoms with Gasteiger partial charge < -0.3 is 10.2 Å². The van der Waals surface area contributed by atoms with Crippen LogP contribution < -0.4 is 5.32 Å². The molecule has 1 atom stereocenters. The van der Waals surface area contributed by atoms with Gasteiger partial charge in [-0.2, -0.15) is 5.10 Å². The highest BCUT2D eigenvalue weighted by Gasteiger charge is 2.31. The zero-order chi connectivity index (χ0) is 14.7. The van der Waals surface area contributed by atoms with E-state index in [1.165, 1.54) is 0 Å². The van der Waals surface area contributed by atoms with Crippen LogP contribution in [0.25, 0.3) is 0 Å². The molecular weight excluding hydrogens is 256 g/mol. The van der Waals surface area contributed by atoms with Crippen molar-refractivity contribution in [3.63, 3.8) is 0 Å². The van der Waals surface area contributed by atoms with Crippen molar-refractivity contribution in [3.8, 4) is 0 Å². The zero-order valence-electron chi connectivity index (χ0n) is 12.3. The van der Waals surface area contributed by atoms with Gasteiger partial charge in [0.05, 0.1) is 24.8 Å². The summed E-state index contributed by atoms with van der Waals surface area (Å²) in [5, 5.41) is 7.11. The Labute approximate surface area is 119 Å². The van der Waals surface area contributed by atoms with Gasteiger partial charge in [0.15, 0.2) is 0 Å². The maximum absolute atomic E-state index is 11.9. The van der Waals surface area contributed by atoms with Gasteiger partial charge in [-0.15, -0.1) is 0 Å². The third kappa shape index (κ3) is 2.84. The number of piperazine rings is 1. The minimum Gasteiger partial charge on any atom is -0.345 e. The lowest BCUT2D eigenvalue weighted by Gasteiger charge is -2.32. The first-order chi connectivity index (χ1) is 9.56. The molecule has 6 heteroatoms. The Hall–Kier alpha value is -1.85. The van der Waals surface area contributed by atoms with Gasteiger partial charge >= 0.3 is 0 Å². The summed E-state index contributed by atoms with van der Waals surface area (Å²) in [6, 6.07) is 1.88. The number of carbonyl (C=O) groups excluding carboxylic acids is 2. The normalized spacial score (nSPS) is 19.6. The summed E-state index contributed by atoms with van der Waals surface area (Å²) < 4.78 is 1.95. The molecule has 2 rings (SSSR count). The van der Waals surface area contributed by atoms with Crippen molar-refractivity contribution in [2.45, 2.75) is 52.2 Å². The third-order valence-electron chi connectivity index (χ3n) is 3.89. The predicted octanol–water partition coefficient (Wildman–Crippen LogP) is 1.09. The number of amides is 2. The molecule has 0 aromatic carbocycles. The third-order valence-corrected chi connectivity index (χ3v) is 3.89. The fraction of sp³-hybridized carbons (Fsp3) is 0.643. The predicted molar refractivity (Wildman–Crippen MR) is 74.9 cm³/mol. The van der Waals surface area contributed by atoms with Gasteiger partial charge in [0.1, 0.15) is 6.04 Å². The van der Waals surface area contributed by atoms with Gasteiger partial charge in [-0.25, -0.2) is 0 Å². The fourth-order valence-electron chi connectivity index (χ4n) is 2.50. The smallest absolute Gasteiger partial charge is 0.242 e. The SMILES string of the molecule is CCC(CC)n1ccc(CN2C(=O)CNC(=O)C2C)n1. The molecule has 1 unspecified atom stereocenters. The molecule has 1 saturated heterocycles. The monoisotopic (exact) mass is 278 g/mol. The molecule has 1 aromatic heterocycles. The number of hydrogen-bond donors (Lipinski definition) is 1. The maximum Gasteiger partial charge on any atom is 0.242 e. The number of rotatable bonds is 5. The van der Waals surface area contributed by atoms with Crippen molar-refractivity contribution in [1.82, 2.24) is 20.0 Å². The van der Waals surface area contributed by atoms with Gasteiger partial charge in [0.2, 0.25) is 11.8 Å². The van der Waals surface area contributed by atoms with Gasteiger partial charge in [-0.05, 0) is 25.8 Å². The molecule has 1 aromatic rings. The molecule has 20 heavy (non-hydrogen) atoms. The lowest BCUT2D eigenvalue weighted by Crippen LogP contribution is -2.56. The summed E-state index contributed by atoms with van der Waals surface area (Å²) in [5.41, 5.74) is 0.826. The van der Waals surface area contributed by atoms with Crippen molar-refractivity contribution in [1.29, 1.82) is 0 Å². The Morgan fingerprint density at radius 2 is 2.10 bits per heavy atom. The molecule has 2 heterocycles. The van der Waals surface area contributed by atoms with Crippen molar-refractivity contribution in [2.75, 3.05) is 6.54 Å². The van der Waals surface area contributed by atoms with Crippen LogP contribution in [-0.4, -0.2) is 39.1 Å². The molecule has 1 fully saturated rings. The van der Waals surface area contributed by atoms with E-state index in [1.807, 2.05) is 16.9 Å². The Balaban J connectivity index is 2.09. The molecule has 1 aliphatic rings. The second kappa shape index (κ2) is 6.07. The molecule has 0 radical (unpaired) electrons. The Kier molecular flexibility index (Phi) is 4.42. The van der Waals surface area contributed by atoms with Crippen molar-refractivity contribution < 1.29 is 9.59 Å². The van der Waals surface area contributed by atoms with E-state index in [9.17, 15) is 9.59 Å². The summed E-state index contributed by atoms with van der Waals surface area (Å²) in [6.45, 7) is 6.48. The van der Waals surface area contributed by atoms with E-state index in [1.54, 1.807) is 11.8 Å². The minimum atomic E-state index is -0.436. The molecule has 2 amide bonds. The van der Waals surface area contributed by atoms with Crippen LogP contribution in [0, 0.1) is 0 Å². The molecule has 0 spiro atoms. The molecule has 0 aliphatic carbocycles. The number of nitrogens with one attached hydrogen (secondary N) is 1. The molecule has 110 valence electrons. The van der Waals surface area contributed by atoms with E-state index in [2.05, 4.69) is 24.3 Å². The van der Waals surface area contributed by atoms with Gasteiger partial charge in [-0.1, -0.05) is 13.8 Å². The first-order valence-corrected chi connectivity index (χ1v) is 7.18. The van der Waals surface area contributed by atoms with Crippen LogP contribution in [-0.2, 0) is 16.1 Å². The molecule has 6 nitrogen and oxygen atoms in total. The number of hydrogen-bond acceptors (Lipinski definition) is 3. The molecule has 0 saturated carbocycles. The Morgan fingerprint density at radius 3 is 2.75 bits per heavy atom. The topological polar surface area (TPSA) is 67.2 Å². The second-order valence-corrected chi connectivity index (χ2v) is 5.17. The number of carbonyl (C=O) groups is 2. The average Bonchev–Trinajstić information content (AvgIpc) is 2.89.